The largest absolute Gasteiger partial charge is 0.480 e. The van der Waals surface area contributed by atoms with Crippen molar-refractivity contribution in [3.8, 4) is 0 Å². The van der Waals surface area contributed by atoms with Crippen LogP contribution in [0.5, 0.6) is 0 Å². The van der Waals surface area contributed by atoms with Gasteiger partial charge in [0, 0.05) is 0 Å². The van der Waals surface area contributed by atoms with Gasteiger partial charge in [-0.05, 0) is 38.0 Å². The van der Waals surface area contributed by atoms with Crippen LogP contribution in [0.1, 0.15) is 33.6 Å². The van der Waals surface area contributed by atoms with Crippen molar-refractivity contribution in [2.45, 2.75) is 57.2 Å². The molecule has 0 spiro atoms. The number of nitrogens with zero attached hydrogens (tertiary/aromatic N) is 1. The summed E-state index contributed by atoms with van der Waals surface area (Å²) in [4.78, 5) is 38.1. The number of thioether (sulfide) groups is 1. The number of urea groups is 1. The topological polar surface area (TPSA) is 111 Å². The Labute approximate surface area is 146 Å². The Hall–Kier alpha value is -1.48. The van der Waals surface area contributed by atoms with Crippen LogP contribution in [-0.4, -0.2) is 64.3 Å². The van der Waals surface area contributed by atoms with Gasteiger partial charge in [-0.3, -0.25) is 4.79 Å². The number of fused-ring (bicyclic) bond motifs is 1. The van der Waals surface area contributed by atoms with Crippen molar-refractivity contribution in [1.82, 2.24) is 20.9 Å². The third-order valence-electron chi connectivity index (χ3n) is 4.62. The summed E-state index contributed by atoms with van der Waals surface area (Å²) < 4.78 is 0. The van der Waals surface area contributed by atoms with Gasteiger partial charge in [0.15, 0.2) is 0 Å². The number of carboxylic acids is 1. The van der Waals surface area contributed by atoms with Crippen molar-refractivity contribution in [1.29, 1.82) is 0 Å². The molecular weight excluding hydrogens is 332 g/mol. The Balaban J connectivity index is 2.15. The van der Waals surface area contributed by atoms with Crippen LogP contribution >= 0.6 is 11.8 Å². The molecule has 8 nitrogen and oxygen atoms in total. The first-order valence-corrected chi connectivity index (χ1v) is 9.13. The average molecular weight is 358 g/mol. The van der Waals surface area contributed by atoms with Gasteiger partial charge in [0.1, 0.15) is 12.1 Å². The minimum absolute atomic E-state index is 0.153. The van der Waals surface area contributed by atoms with Gasteiger partial charge in [-0.2, -0.15) is 0 Å². The van der Waals surface area contributed by atoms with Crippen LogP contribution in [0.25, 0.3) is 0 Å². The van der Waals surface area contributed by atoms with E-state index >= 15 is 0 Å². The van der Waals surface area contributed by atoms with Crippen molar-refractivity contribution < 1.29 is 19.5 Å². The number of hydrogen-bond acceptors (Lipinski definition) is 5. The van der Waals surface area contributed by atoms with E-state index in [-0.39, 0.29) is 17.4 Å². The fourth-order valence-corrected chi connectivity index (χ4v) is 4.87. The summed E-state index contributed by atoms with van der Waals surface area (Å²) in [6.45, 7) is 5.53. The lowest BCUT2D eigenvalue weighted by Crippen LogP contribution is -2.57. The number of carboxylic acid groups (broad SMARTS) is 1. The SMILES string of the molecule is CN[C@@H](C)NC(=O)N[C@H]1CCSC2CC(C)(C)[C@@H](C(=O)O)N2C1=O. The van der Waals surface area contributed by atoms with Gasteiger partial charge >= 0.3 is 12.0 Å². The molecule has 136 valence electrons. The molecule has 4 atom stereocenters. The molecule has 2 heterocycles. The van der Waals surface area contributed by atoms with Crippen LogP contribution in [0.4, 0.5) is 4.79 Å². The van der Waals surface area contributed by atoms with E-state index in [2.05, 4.69) is 16.0 Å². The van der Waals surface area contributed by atoms with E-state index in [0.717, 1.165) is 0 Å². The molecule has 0 aliphatic carbocycles. The monoisotopic (exact) mass is 358 g/mol. The highest BCUT2D eigenvalue weighted by molar-refractivity contribution is 7.99. The van der Waals surface area contributed by atoms with E-state index in [1.807, 2.05) is 13.8 Å². The second-order valence-corrected chi connectivity index (χ2v) is 8.26. The molecule has 0 saturated carbocycles. The average Bonchev–Trinajstić information content (AvgIpc) is 2.67. The van der Waals surface area contributed by atoms with E-state index in [0.29, 0.717) is 18.6 Å². The van der Waals surface area contributed by atoms with Crippen molar-refractivity contribution in [2.75, 3.05) is 12.8 Å². The van der Waals surface area contributed by atoms with Crippen molar-refractivity contribution in [3.05, 3.63) is 0 Å². The smallest absolute Gasteiger partial charge is 0.327 e. The Morgan fingerprint density at radius 3 is 2.67 bits per heavy atom. The van der Waals surface area contributed by atoms with Gasteiger partial charge in [-0.15, -0.1) is 11.8 Å². The molecule has 0 aromatic carbocycles. The predicted octanol–water partition coefficient (Wildman–Crippen LogP) is 0.394. The summed E-state index contributed by atoms with van der Waals surface area (Å²) >= 11 is 1.59. The van der Waals surface area contributed by atoms with Gasteiger partial charge < -0.3 is 26.0 Å². The molecule has 0 aromatic rings. The summed E-state index contributed by atoms with van der Waals surface area (Å²) in [6, 6.07) is -2.02. The fraction of sp³-hybridized carbons (Fsp3) is 0.800. The molecule has 4 N–H and O–H groups in total. The molecule has 1 unspecified atom stereocenters. The van der Waals surface area contributed by atoms with E-state index in [4.69, 9.17) is 0 Å². The number of carbonyl (C=O) groups is 3. The Kier molecular flexibility index (Phi) is 5.64. The van der Waals surface area contributed by atoms with Gasteiger partial charge in [0.05, 0.1) is 11.5 Å². The Bertz CT molecular complexity index is 528. The first-order valence-electron chi connectivity index (χ1n) is 8.08. The number of nitrogens with one attached hydrogen (secondary N) is 3. The quantitative estimate of drug-likeness (QED) is 0.541. The lowest BCUT2D eigenvalue weighted by molar-refractivity contribution is -0.152. The highest BCUT2D eigenvalue weighted by Gasteiger charge is 2.54. The summed E-state index contributed by atoms with van der Waals surface area (Å²) in [5.41, 5.74) is -0.496. The molecule has 0 bridgehead atoms. The summed E-state index contributed by atoms with van der Waals surface area (Å²) in [5, 5.41) is 17.7. The Morgan fingerprint density at radius 2 is 2.08 bits per heavy atom. The molecule has 2 aliphatic heterocycles. The maximum Gasteiger partial charge on any atom is 0.327 e. The van der Waals surface area contributed by atoms with Gasteiger partial charge in [-0.1, -0.05) is 13.8 Å². The molecule has 2 aliphatic rings. The molecule has 3 amide bonds. The van der Waals surface area contributed by atoms with Gasteiger partial charge in [-0.25, -0.2) is 9.59 Å². The van der Waals surface area contributed by atoms with Crippen molar-refractivity contribution in [3.63, 3.8) is 0 Å². The molecule has 2 rings (SSSR count). The minimum Gasteiger partial charge on any atom is -0.480 e. The fourth-order valence-electron chi connectivity index (χ4n) is 3.29. The molecule has 0 aromatic heterocycles. The van der Waals surface area contributed by atoms with Crippen LogP contribution in [0, 0.1) is 5.41 Å². The second-order valence-electron chi connectivity index (χ2n) is 6.97. The van der Waals surface area contributed by atoms with Crippen LogP contribution in [-0.2, 0) is 9.59 Å². The minimum atomic E-state index is -0.995. The highest BCUT2D eigenvalue weighted by Crippen LogP contribution is 2.46. The van der Waals surface area contributed by atoms with Crippen LogP contribution in [0.2, 0.25) is 0 Å². The number of carbonyl (C=O) groups excluding carboxylic acids is 2. The zero-order valence-electron chi connectivity index (χ0n) is 14.5. The van der Waals surface area contributed by atoms with E-state index < -0.39 is 29.5 Å². The third kappa shape index (κ3) is 3.77. The predicted molar refractivity (Wildman–Crippen MR) is 91.5 cm³/mol. The van der Waals surface area contributed by atoms with Crippen LogP contribution < -0.4 is 16.0 Å². The summed E-state index contributed by atoms with van der Waals surface area (Å²) in [6.07, 6.45) is 0.895. The number of hydrogen-bond donors (Lipinski definition) is 4. The molecular formula is C15H26N4O4S. The number of rotatable bonds is 4. The van der Waals surface area contributed by atoms with Gasteiger partial charge in [0.25, 0.3) is 0 Å². The highest BCUT2D eigenvalue weighted by atomic mass is 32.2. The van der Waals surface area contributed by atoms with Crippen molar-refractivity contribution >= 4 is 29.7 Å². The summed E-state index contributed by atoms with van der Waals surface area (Å²) in [7, 11) is 1.72. The zero-order valence-corrected chi connectivity index (χ0v) is 15.3. The first-order chi connectivity index (χ1) is 11.2. The van der Waals surface area contributed by atoms with Gasteiger partial charge in [0.2, 0.25) is 5.91 Å². The van der Waals surface area contributed by atoms with E-state index in [1.165, 1.54) is 4.90 Å². The molecule has 24 heavy (non-hydrogen) atoms. The molecule has 0 radical (unpaired) electrons. The molecule has 2 saturated heterocycles. The Morgan fingerprint density at radius 1 is 1.42 bits per heavy atom. The number of amides is 3. The van der Waals surface area contributed by atoms with Crippen LogP contribution in [0.15, 0.2) is 0 Å². The second kappa shape index (κ2) is 7.18. The molecule has 2 fully saturated rings. The van der Waals surface area contributed by atoms with Crippen LogP contribution in [0.3, 0.4) is 0 Å². The number of aliphatic carboxylic acids is 1. The first kappa shape index (κ1) is 18.9. The van der Waals surface area contributed by atoms with E-state index in [1.54, 1.807) is 25.7 Å². The maximum absolute atomic E-state index is 12.9. The maximum atomic E-state index is 12.9. The summed E-state index contributed by atoms with van der Waals surface area (Å²) in [5.74, 6) is -0.609. The lowest BCUT2D eigenvalue weighted by Gasteiger charge is -2.32. The molecule has 9 heteroatoms. The lowest BCUT2D eigenvalue weighted by atomic mass is 9.84. The third-order valence-corrected chi connectivity index (χ3v) is 5.87. The zero-order chi connectivity index (χ0) is 18.1. The standard InChI is InChI=1S/C15H26N4O4S/c1-8(16-4)17-14(23)18-9-5-6-24-10-7-15(2,3)11(13(21)22)19(10)12(9)20/h8-11,16H,5-7H2,1-4H3,(H,21,22)(H2,17,18,23)/t8-,9+,10?,11-/m1/s1. The van der Waals surface area contributed by atoms with E-state index in [9.17, 15) is 19.5 Å². The van der Waals surface area contributed by atoms with Crippen molar-refractivity contribution in [2.24, 2.45) is 5.41 Å². The normalized spacial score (nSPS) is 30.2.